The predicted octanol–water partition coefficient (Wildman–Crippen LogP) is 4.89. The van der Waals surface area contributed by atoms with Crippen LogP contribution in [0.3, 0.4) is 0 Å². The van der Waals surface area contributed by atoms with Gasteiger partial charge in [0.15, 0.2) is 11.4 Å². The van der Waals surface area contributed by atoms with Crippen LogP contribution in [0.2, 0.25) is 0 Å². The first-order chi connectivity index (χ1) is 14.5. The minimum atomic E-state index is -0.205. The van der Waals surface area contributed by atoms with E-state index in [1.165, 1.54) is 14.0 Å². The summed E-state index contributed by atoms with van der Waals surface area (Å²) in [5.41, 5.74) is 4.20. The van der Waals surface area contributed by atoms with Crippen LogP contribution < -0.4 is 10.1 Å². The number of rotatable bonds is 6. The summed E-state index contributed by atoms with van der Waals surface area (Å²) in [5, 5.41) is 2.87. The lowest BCUT2D eigenvalue weighted by Gasteiger charge is -2.10. The number of nitrogens with one attached hydrogen (secondary N) is 1. The number of oxazole rings is 1. The van der Waals surface area contributed by atoms with Gasteiger partial charge in [-0.2, -0.15) is 0 Å². The van der Waals surface area contributed by atoms with E-state index in [2.05, 4.69) is 10.3 Å². The molecule has 150 valence electrons. The monoisotopic (exact) mass is 400 g/mol. The van der Waals surface area contributed by atoms with Gasteiger partial charge in [0.25, 0.3) is 0 Å². The number of hydrogen-bond acceptors (Lipinski definition) is 5. The average Bonchev–Trinajstić information content (AvgIpc) is 3.18. The van der Waals surface area contributed by atoms with E-state index in [9.17, 15) is 9.59 Å². The molecular formula is C24H20N2O4. The molecule has 0 spiro atoms. The lowest BCUT2D eigenvalue weighted by molar-refractivity contribution is -0.115. The Balaban J connectivity index is 1.47. The number of ether oxygens (including phenoxy) is 1. The van der Waals surface area contributed by atoms with Crippen LogP contribution in [0.4, 0.5) is 5.69 Å². The van der Waals surface area contributed by atoms with Crippen LogP contribution in [0, 0.1) is 0 Å². The highest BCUT2D eigenvalue weighted by atomic mass is 16.5. The molecule has 0 unspecified atom stereocenters. The Morgan fingerprint density at radius 2 is 1.80 bits per heavy atom. The van der Waals surface area contributed by atoms with E-state index >= 15 is 0 Å². The lowest BCUT2D eigenvalue weighted by atomic mass is 10.0. The molecule has 1 heterocycles. The topological polar surface area (TPSA) is 81.4 Å². The maximum Gasteiger partial charge on any atom is 0.228 e. The zero-order valence-corrected chi connectivity index (χ0v) is 16.6. The Kier molecular flexibility index (Phi) is 5.30. The highest BCUT2D eigenvalue weighted by Crippen LogP contribution is 2.26. The van der Waals surface area contributed by atoms with E-state index < -0.39 is 0 Å². The predicted molar refractivity (Wildman–Crippen MR) is 115 cm³/mol. The second-order valence-electron chi connectivity index (χ2n) is 6.87. The van der Waals surface area contributed by atoms with Gasteiger partial charge >= 0.3 is 0 Å². The van der Waals surface area contributed by atoms with Crippen molar-refractivity contribution in [3.8, 4) is 17.2 Å². The maximum absolute atomic E-state index is 12.5. The third kappa shape index (κ3) is 4.07. The smallest absolute Gasteiger partial charge is 0.228 e. The van der Waals surface area contributed by atoms with Crippen molar-refractivity contribution in [2.24, 2.45) is 0 Å². The second-order valence-corrected chi connectivity index (χ2v) is 6.87. The first-order valence-electron chi connectivity index (χ1n) is 9.47. The first kappa shape index (κ1) is 19.4. The summed E-state index contributed by atoms with van der Waals surface area (Å²) in [4.78, 5) is 28.6. The number of hydrogen-bond donors (Lipinski definition) is 1. The van der Waals surface area contributed by atoms with Crippen LogP contribution in [0.1, 0.15) is 22.8 Å². The van der Waals surface area contributed by atoms with Gasteiger partial charge in [0, 0.05) is 22.4 Å². The van der Waals surface area contributed by atoms with Gasteiger partial charge in [-0.3, -0.25) is 9.59 Å². The van der Waals surface area contributed by atoms with Crippen molar-refractivity contribution in [2.75, 3.05) is 12.4 Å². The molecule has 4 aromatic rings. The van der Waals surface area contributed by atoms with Gasteiger partial charge in [0.1, 0.15) is 11.3 Å². The van der Waals surface area contributed by atoms with E-state index in [1.807, 2.05) is 36.4 Å². The number of nitrogens with zero attached hydrogens (tertiary/aromatic N) is 1. The number of para-hydroxylation sites is 2. The van der Waals surface area contributed by atoms with Crippen molar-refractivity contribution in [1.29, 1.82) is 0 Å². The molecule has 0 aliphatic heterocycles. The summed E-state index contributed by atoms with van der Waals surface area (Å²) in [7, 11) is 1.54. The van der Waals surface area contributed by atoms with Gasteiger partial charge < -0.3 is 14.5 Å². The normalized spacial score (nSPS) is 10.7. The number of fused-ring (bicyclic) bond motifs is 1. The van der Waals surface area contributed by atoms with Gasteiger partial charge in [-0.05, 0) is 61.5 Å². The molecule has 1 aromatic heterocycles. The quantitative estimate of drug-likeness (QED) is 0.466. The van der Waals surface area contributed by atoms with Crippen molar-refractivity contribution in [1.82, 2.24) is 4.98 Å². The van der Waals surface area contributed by atoms with Gasteiger partial charge in [-0.15, -0.1) is 0 Å². The summed E-state index contributed by atoms with van der Waals surface area (Å²) in [6.45, 7) is 1.49. The number of carbonyl (C=O) groups is 2. The van der Waals surface area contributed by atoms with Crippen LogP contribution in [0.15, 0.2) is 71.1 Å². The van der Waals surface area contributed by atoms with Crippen molar-refractivity contribution in [2.45, 2.75) is 13.3 Å². The van der Waals surface area contributed by atoms with Crippen LogP contribution in [0.5, 0.6) is 5.75 Å². The highest BCUT2D eigenvalue weighted by Gasteiger charge is 2.13. The molecule has 0 bridgehead atoms. The average molecular weight is 400 g/mol. The summed E-state index contributed by atoms with van der Waals surface area (Å²) in [5.74, 6) is 0.832. The third-order valence-corrected chi connectivity index (χ3v) is 4.75. The number of benzene rings is 3. The molecule has 6 nitrogen and oxygen atoms in total. The highest BCUT2D eigenvalue weighted by molar-refractivity contribution is 5.96. The van der Waals surface area contributed by atoms with Crippen LogP contribution in [0.25, 0.3) is 22.6 Å². The molecular weight excluding hydrogens is 380 g/mol. The van der Waals surface area contributed by atoms with E-state index in [4.69, 9.17) is 9.15 Å². The molecule has 0 atom stereocenters. The van der Waals surface area contributed by atoms with E-state index in [0.29, 0.717) is 28.5 Å². The van der Waals surface area contributed by atoms with Crippen LogP contribution >= 0.6 is 0 Å². The zero-order chi connectivity index (χ0) is 21.1. The molecule has 30 heavy (non-hydrogen) atoms. The van der Waals surface area contributed by atoms with Gasteiger partial charge in [0.2, 0.25) is 11.8 Å². The Hall–Kier alpha value is -3.93. The van der Waals surface area contributed by atoms with Gasteiger partial charge in [-0.25, -0.2) is 4.98 Å². The standard InChI is InChI=1S/C24H20N2O4/c1-15(27)17-9-12-21(29-2)18(13-17)14-23(28)25-19-10-7-16(8-11-19)24-26-20-5-3-4-6-22(20)30-24/h3-13H,14H2,1-2H3,(H,25,28). The Morgan fingerprint density at radius 1 is 1.03 bits per heavy atom. The summed E-state index contributed by atoms with van der Waals surface area (Å²) in [6, 6.07) is 19.9. The van der Waals surface area contributed by atoms with E-state index in [0.717, 1.165) is 16.7 Å². The SMILES string of the molecule is COc1ccc(C(C)=O)cc1CC(=O)Nc1ccc(-c2nc3ccccc3o2)cc1. The zero-order valence-electron chi connectivity index (χ0n) is 16.6. The molecule has 4 rings (SSSR count). The van der Waals surface area contributed by atoms with Crippen molar-refractivity contribution in [3.05, 3.63) is 77.9 Å². The number of amides is 1. The molecule has 0 aliphatic carbocycles. The maximum atomic E-state index is 12.5. The summed E-state index contributed by atoms with van der Waals surface area (Å²) >= 11 is 0. The Morgan fingerprint density at radius 3 is 2.50 bits per heavy atom. The minimum absolute atomic E-state index is 0.0610. The molecule has 1 N–H and O–H groups in total. The molecule has 1 amide bonds. The second kappa shape index (κ2) is 8.21. The number of methoxy groups -OCH3 is 1. The molecule has 0 fully saturated rings. The summed E-state index contributed by atoms with van der Waals surface area (Å²) < 4.78 is 11.1. The first-order valence-corrected chi connectivity index (χ1v) is 9.47. The van der Waals surface area contributed by atoms with Gasteiger partial charge in [-0.1, -0.05) is 12.1 Å². The van der Waals surface area contributed by atoms with Crippen LogP contribution in [-0.2, 0) is 11.2 Å². The fraction of sp³-hybridized carbons (Fsp3) is 0.125. The van der Waals surface area contributed by atoms with Crippen molar-refractivity contribution >= 4 is 28.5 Å². The minimum Gasteiger partial charge on any atom is -0.496 e. The fourth-order valence-electron chi connectivity index (χ4n) is 3.21. The molecule has 0 saturated carbocycles. The number of anilines is 1. The lowest BCUT2D eigenvalue weighted by Crippen LogP contribution is -2.15. The number of carbonyl (C=O) groups excluding carboxylic acids is 2. The fourth-order valence-corrected chi connectivity index (χ4v) is 3.21. The number of Topliss-reactive ketones (excluding diaryl/α,β-unsaturated/α-hetero) is 1. The Bertz CT molecular complexity index is 1190. The third-order valence-electron chi connectivity index (χ3n) is 4.75. The van der Waals surface area contributed by atoms with E-state index in [-0.39, 0.29) is 18.1 Å². The Labute approximate surface area is 173 Å². The molecule has 0 saturated heterocycles. The van der Waals surface area contributed by atoms with Crippen LogP contribution in [-0.4, -0.2) is 23.8 Å². The van der Waals surface area contributed by atoms with E-state index in [1.54, 1.807) is 30.3 Å². The molecule has 0 aliphatic rings. The summed E-state index contributed by atoms with van der Waals surface area (Å²) in [6.07, 6.45) is 0.0944. The number of ketones is 1. The molecule has 0 radical (unpaired) electrons. The van der Waals surface area contributed by atoms with Gasteiger partial charge in [0.05, 0.1) is 13.5 Å². The van der Waals surface area contributed by atoms with Crippen molar-refractivity contribution < 1.29 is 18.7 Å². The molecule has 3 aromatic carbocycles. The molecule has 6 heteroatoms. The largest absolute Gasteiger partial charge is 0.496 e. The van der Waals surface area contributed by atoms with Crippen molar-refractivity contribution in [3.63, 3.8) is 0 Å². The number of aromatic nitrogens is 1.